The number of aryl methyl sites for hydroxylation is 2. The second-order valence-corrected chi connectivity index (χ2v) is 5.69. The smallest absolute Gasteiger partial charge is 0.271 e. The monoisotopic (exact) mass is 318 g/mol. The summed E-state index contributed by atoms with van der Waals surface area (Å²) in [6.45, 7) is 4.00. The van der Waals surface area contributed by atoms with Crippen LogP contribution in [-0.2, 0) is 6.42 Å². The molecule has 3 aromatic rings. The van der Waals surface area contributed by atoms with Gasteiger partial charge in [-0.2, -0.15) is 9.78 Å². The van der Waals surface area contributed by atoms with E-state index in [4.69, 9.17) is 0 Å². The number of rotatable bonds is 4. The Morgan fingerprint density at radius 2 is 1.71 bits per heavy atom. The second-order valence-electron chi connectivity index (χ2n) is 5.69. The quantitative estimate of drug-likeness (QED) is 0.691. The predicted octanol–water partition coefficient (Wildman–Crippen LogP) is 3.58. The van der Waals surface area contributed by atoms with Gasteiger partial charge in [-0.15, -0.1) is 0 Å². The van der Waals surface area contributed by atoms with E-state index in [0.29, 0.717) is 11.3 Å². The van der Waals surface area contributed by atoms with Gasteiger partial charge in [0, 0.05) is 17.2 Å². The van der Waals surface area contributed by atoms with E-state index in [9.17, 15) is 9.59 Å². The zero-order valence-corrected chi connectivity index (χ0v) is 13.7. The molecule has 0 atom stereocenters. The first-order valence-corrected chi connectivity index (χ1v) is 7.88. The number of aromatic nitrogens is 2. The molecule has 0 unspecified atom stereocenters. The molecule has 0 spiro atoms. The molecule has 0 bridgehead atoms. The van der Waals surface area contributed by atoms with Crippen molar-refractivity contribution in [2.45, 2.75) is 20.3 Å². The third-order valence-electron chi connectivity index (χ3n) is 4.03. The van der Waals surface area contributed by atoms with Crippen LogP contribution in [0, 0.1) is 6.92 Å². The maximum absolute atomic E-state index is 12.3. The van der Waals surface area contributed by atoms with Gasteiger partial charge in [0.05, 0.1) is 11.4 Å². The number of hydrogen-bond donors (Lipinski definition) is 0. The van der Waals surface area contributed by atoms with E-state index in [0.717, 1.165) is 29.5 Å². The predicted molar refractivity (Wildman–Crippen MR) is 94.8 cm³/mol. The Labute approximate surface area is 140 Å². The number of carbonyl (C=O) groups is 1. The van der Waals surface area contributed by atoms with Crippen molar-refractivity contribution in [3.63, 3.8) is 0 Å². The van der Waals surface area contributed by atoms with E-state index < -0.39 is 0 Å². The molecule has 1 heterocycles. The average molecular weight is 318 g/mol. The molecule has 0 radical (unpaired) electrons. The molecule has 1 aromatic heterocycles. The normalized spacial score (nSPS) is 10.6. The zero-order chi connectivity index (χ0) is 17.1. The molecule has 0 aliphatic heterocycles. The van der Waals surface area contributed by atoms with E-state index in [1.807, 2.05) is 19.1 Å². The highest BCUT2D eigenvalue weighted by molar-refractivity contribution is 5.75. The molecule has 0 N–H and O–H groups in total. The fraction of sp³-hybridized carbons (Fsp3) is 0.150. The van der Waals surface area contributed by atoms with Crippen molar-refractivity contribution in [1.29, 1.82) is 0 Å². The van der Waals surface area contributed by atoms with E-state index >= 15 is 0 Å². The van der Waals surface area contributed by atoms with Crippen LogP contribution in [0.25, 0.3) is 16.9 Å². The third kappa shape index (κ3) is 3.04. The lowest BCUT2D eigenvalue weighted by molar-refractivity contribution is 0.112. The topological polar surface area (TPSA) is 52.0 Å². The van der Waals surface area contributed by atoms with Gasteiger partial charge in [-0.1, -0.05) is 31.2 Å². The van der Waals surface area contributed by atoms with Crippen molar-refractivity contribution in [3.8, 4) is 16.9 Å². The van der Waals surface area contributed by atoms with Gasteiger partial charge >= 0.3 is 0 Å². The molecular formula is C20H18N2O2. The van der Waals surface area contributed by atoms with E-state index in [2.05, 4.69) is 24.2 Å². The third-order valence-corrected chi connectivity index (χ3v) is 4.03. The molecule has 2 aromatic carbocycles. The fourth-order valence-electron chi connectivity index (χ4n) is 2.61. The molecule has 0 aliphatic rings. The molecule has 24 heavy (non-hydrogen) atoms. The highest BCUT2D eigenvalue weighted by atomic mass is 16.1. The van der Waals surface area contributed by atoms with Crippen LogP contribution in [-0.4, -0.2) is 16.1 Å². The number of aldehydes is 1. The summed E-state index contributed by atoms with van der Waals surface area (Å²) in [7, 11) is 0. The highest BCUT2D eigenvalue weighted by Crippen LogP contribution is 2.21. The van der Waals surface area contributed by atoms with Crippen molar-refractivity contribution in [2.24, 2.45) is 0 Å². The van der Waals surface area contributed by atoms with Crippen molar-refractivity contribution in [1.82, 2.24) is 9.78 Å². The fourth-order valence-corrected chi connectivity index (χ4v) is 2.61. The summed E-state index contributed by atoms with van der Waals surface area (Å²) < 4.78 is 1.37. The molecule has 3 rings (SSSR count). The largest absolute Gasteiger partial charge is 0.298 e. The van der Waals surface area contributed by atoms with Gasteiger partial charge in [-0.25, -0.2) is 0 Å². The van der Waals surface area contributed by atoms with Crippen LogP contribution >= 0.6 is 0 Å². The lowest BCUT2D eigenvalue weighted by Crippen LogP contribution is -2.21. The number of hydrogen-bond acceptors (Lipinski definition) is 3. The molecule has 120 valence electrons. The van der Waals surface area contributed by atoms with Crippen molar-refractivity contribution >= 4 is 6.29 Å². The van der Waals surface area contributed by atoms with Gasteiger partial charge < -0.3 is 0 Å². The van der Waals surface area contributed by atoms with Gasteiger partial charge in [0.1, 0.15) is 6.29 Å². The first-order chi connectivity index (χ1) is 11.6. The molecule has 0 saturated heterocycles. The van der Waals surface area contributed by atoms with E-state index in [-0.39, 0.29) is 5.56 Å². The Kier molecular flexibility index (Phi) is 4.38. The minimum absolute atomic E-state index is 0.194. The molecule has 0 amide bonds. The summed E-state index contributed by atoms with van der Waals surface area (Å²) >= 11 is 0. The summed E-state index contributed by atoms with van der Waals surface area (Å²) in [6.07, 6.45) is 1.76. The van der Waals surface area contributed by atoms with Crippen LogP contribution in [0.3, 0.4) is 0 Å². The minimum Gasteiger partial charge on any atom is -0.298 e. The lowest BCUT2D eigenvalue weighted by atomic mass is 10.0. The zero-order valence-electron chi connectivity index (χ0n) is 13.7. The maximum atomic E-state index is 12.3. The Morgan fingerprint density at radius 1 is 1.04 bits per heavy atom. The van der Waals surface area contributed by atoms with Crippen LogP contribution < -0.4 is 5.56 Å². The SMILES string of the molecule is CCc1ccc(-c2nn(-c3ccc(C=O)cc3)c(=O)cc2C)cc1. The molecule has 4 nitrogen and oxygen atoms in total. The van der Waals surface area contributed by atoms with Gasteiger partial charge in [0.15, 0.2) is 0 Å². The Balaban J connectivity index is 2.10. The summed E-state index contributed by atoms with van der Waals surface area (Å²) in [5, 5.41) is 4.54. The molecule has 0 fully saturated rings. The maximum Gasteiger partial charge on any atom is 0.271 e. The molecular weight excluding hydrogens is 300 g/mol. The molecule has 0 saturated carbocycles. The van der Waals surface area contributed by atoms with Gasteiger partial charge in [-0.3, -0.25) is 9.59 Å². The van der Waals surface area contributed by atoms with Crippen LogP contribution in [0.15, 0.2) is 59.4 Å². The summed E-state index contributed by atoms with van der Waals surface area (Å²) in [6, 6.07) is 16.6. The summed E-state index contributed by atoms with van der Waals surface area (Å²) in [5.74, 6) is 0. The highest BCUT2D eigenvalue weighted by Gasteiger charge is 2.09. The Morgan fingerprint density at radius 3 is 2.29 bits per heavy atom. The van der Waals surface area contributed by atoms with Crippen molar-refractivity contribution < 1.29 is 4.79 Å². The van der Waals surface area contributed by atoms with Crippen LogP contribution in [0.4, 0.5) is 0 Å². The first-order valence-electron chi connectivity index (χ1n) is 7.88. The first kappa shape index (κ1) is 15.9. The number of nitrogens with zero attached hydrogens (tertiary/aromatic N) is 2. The Bertz CT molecular complexity index is 923. The van der Waals surface area contributed by atoms with Gasteiger partial charge in [0.2, 0.25) is 0 Å². The molecule has 4 heteroatoms. The van der Waals surface area contributed by atoms with Crippen molar-refractivity contribution in [3.05, 3.63) is 81.6 Å². The number of carbonyl (C=O) groups excluding carboxylic acids is 1. The van der Waals surface area contributed by atoms with E-state index in [1.165, 1.54) is 10.2 Å². The van der Waals surface area contributed by atoms with Gasteiger partial charge in [-0.05, 0) is 48.7 Å². The minimum atomic E-state index is -0.194. The average Bonchev–Trinajstić information content (AvgIpc) is 2.62. The lowest BCUT2D eigenvalue weighted by Gasteiger charge is -2.10. The van der Waals surface area contributed by atoms with Gasteiger partial charge in [0.25, 0.3) is 5.56 Å². The summed E-state index contributed by atoms with van der Waals surface area (Å²) in [5.41, 5.74) is 4.85. The Hall–Kier alpha value is -3.01. The van der Waals surface area contributed by atoms with Crippen LogP contribution in [0.5, 0.6) is 0 Å². The summed E-state index contributed by atoms with van der Waals surface area (Å²) in [4.78, 5) is 23.1. The molecule has 0 aliphatic carbocycles. The van der Waals surface area contributed by atoms with Crippen LogP contribution in [0.2, 0.25) is 0 Å². The number of benzene rings is 2. The van der Waals surface area contributed by atoms with Crippen molar-refractivity contribution in [2.75, 3.05) is 0 Å². The standard InChI is InChI=1S/C20H18N2O2/c1-3-15-4-8-17(9-5-15)20-14(2)12-19(24)22(21-20)18-10-6-16(13-23)7-11-18/h4-13H,3H2,1-2H3. The van der Waals surface area contributed by atoms with E-state index in [1.54, 1.807) is 30.3 Å². The second kappa shape index (κ2) is 6.62. The van der Waals surface area contributed by atoms with Crippen LogP contribution in [0.1, 0.15) is 28.4 Å².